The van der Waals surface area contributed by atoms with E-state index in [0.29, 0.717) is 18.5 Å². The number of carbonyl (C=O) groups excluding carboxylic acids is 1. The fourth-order valence-electron chi connectivity index (χ4n) is 5.65. The predicted molar refractivity (Wildman–Crippen MR) is 147 cm³/mol. The number of aromatic nitrogens is 2. The van der Waals surface area contributed by atoms with Crippen LogP contribution in [0.4, 0.5) is 6.01 Å². The Morgan fingerprint density at radius 2 is 1.84 bits per heavy atom. The van der Waals surface area contributed by atoms with Gasteiger partial charge in [-0.2, -0.15) is 4.98 Å². The monoisotopic (exact) mass is 517 g/mol. The predicted octanol–water partition coefficient (Wildman–Crippen LogP) is 5.58. The third kappa shape index (κ3) is 6.20. The van der Waals surface area contributed by atoms with Crippen molar-refractivity contribution >= 4 is 17.5 Å². The maximum atomic E-state index is 12.9. The molecule has 2 aliphatic heterocycles. The summed E-state index contributed by atoms with van der Waals surface area (Å²) in [6.45, 7) is 15.3. The van der Waals surface area contributed by atoms with Gasteiger partial charge >= 0.3 is 6.01 Å². The number of benzene rings is 1. The molecule has 3 aliphatic rings. The molecule has 0 spiro atoms. The van der Waals surface area contributed by atoms with Crippen molar-refractivity contribution in [2.24, 2.45) is 11.8 Å². The Morgan fingerprint density at radius 1 is 1.11 bits per heavy atom. The molecule has 8 heteroatoms. The summed E-state index contributed by atoms with van der Waals surface area (Å²) < 4.78 is 11.6. The number of amides is 1. The molecule has 1 aromatic heterocycles. The van der Waals surface area contributed by atoms with Gasteiger partial charge in [0.2, 0.25) is 11.9 Å². The van der Waals surface area contributed by atoms with Crippen molar-refractivity contribution in [2.45, 2.75) is 70.8 Å². The van der Waals surface area contributed by atoms with Gasteiger partial charge in [0.15, 0.2) is 5.82 Å². The maximum absolute atomic E-state index is 12.9. The van der Waals surface area contributed by atoms with Gasteiger partial charge in [-0.3, -0.25) is 4.79 Å². The summed E-state index contributed by atoms with van der Waals surface area (Å²) in [5, 5.41) is 4.08. The van der Waals surface area contributed by atoms with Gasteiger partial charge in [-0.25, -0.2) is 6.57 Å². The molecule has 1 atom stereocenters. The largest absolute Gasteiger partial charge is 0.493 e. The molecule has 38 heavy (non-hydrogen) atoms. The summed E-state index contributed by atoms with van der Waals surface area (Å²) in [5.41, 5.74) is 2.54. The van der Waals surface area contributed by atoms with Crippen molar-refractivity contribution in [3.63, 3.8) is 0 Å². The van der Waals surface area contributed by atoms with Crippen LogP contribution in [-0.4, -0.2) is 59.8 Å². The van der Waals surface area contributed by atoms with E-state index < -0.39 is 0 Å². The lowest BCUT2D eigenvalue weighted by molar-refractivity contribution is -0.136. The van der Waals surface area contributed by atoms with Gasteiger partial charge in [-0.05, 0) is 61.3 Å². The van der Waals surface area contributed by atoms with Crippen molar-refractivity contribution in [1.82, 2.24) is 15.0 Å². The van der Waals surface area contributed by atoms with E-state index >= 15 is 0 Å². The summed E-state index contributed by atoms with van der Waals surface area (Å²) in [4.78, 5) is 25.3. The number of carbonyl (C=O) groups is 1. The van der Waals surface area contributed by atoms with Gasteiger partial charge < -0.3 is 23.9 Å². The van der Waals surface area contributed by atoms with E-state index in [2.05, 4.69) is 64.1 Å². The number of anilines is 1. The van der Waals surface area contributed by atoms with Crippen molar-refractivity contribution in [3.8, 4) is 5.75 Å². The fourth-order valence-corrected chi connectivity index (χ4v) is 5.65. The topological polar surface area (TPSA) is 76.1 Å². The highest BCUT2D eigenvalue weighted by atomic mass is 16.5. The van der Waals surface area contributed by atoms with Crippen molar-refractivity contribution in [3.05, 3.63) is 53.1 Å². The second-order valence-corrected chi connectivity index (χ2v) is 11.2. The Hall–Kier alpha value is -3.34. The van der Waals surface area contributed by atoms with Gasteiger partial charge in [-0.15, -0.1) is 0 Å². The molecule has 2 saturated heterocycles. The Morgan fingerprint density at radius 3 is 2.45 bits per heavy atom. The molecule has 2 aromatic rings. The molecule has 0 radical (unpaired) electrons. The van der Waals surface area contributed by atoms with Gasteiger partial charge in [0.1, 0.15) is 5.75 Å². The summed E-state index contributed by atoms with van der Waals surface area (Å²) in [7, 11) is 0. The first kappa shape index (κ1) is 26.3. The lowest BCUT2D eigenvalue weighted by Gasteiger charge is -2.32. The van der Waals surface area contributed by atoms with Gasteiger partial charge in [-0.1, -0.05) is 37.2 Å². The molecule has 1 aromatic carbocycles. The van der Waals surface area contributed by atoms with Crippen LogP contribution in [-0.2, 0) is 4.79 Å². The number of allylic oxidation sites excluding steroid dienone is 2. The van der Waals surface area contributed by atoms with Crippen LogP contribution < -0.4 is 9.64 Å². The highest BCUT2D eigenvalue weighted by Crippen LogP contribution is 2.33. The number of nitrogens with zero attached hydrogens (tertiary/aromatic N) is 5. The molecular weight excluding hydrogens is 478 g/mol. The van der Waals surface area contributed by atoms with E-state index in [1.165, 1.54) is 11.1 Å². The third-order valence-electron chi connectivity index (χ3n) is 8.26. The van der Waals surface area contributed by atoms with Crippen LogP contribution in [0.3, 0.4) is 0 Å². The minimum atomic E-state index is 0.0781. The van der Waals surface area contributed by atoms with E-state index in [1.807, 2.05) is 4.90 Å². The molecule has 0 N–H and O–H groups in total. The van der Waals surface area contributed by atoms with Crippen LogP contribution in [0.5, 0.6) is 5.75 Å². The molecule has 202 valence electrons. The van der Waals surface area contributed by atoms with Crippen LogP contribution in [0.2, 0.25) is 0 Å². The average Bonchev–Trinajstić information content (AvgIpc) is 3.47. The molecule has 0 saturated carbocycles. The number of ether oxygens (including phenoxy) is 1. The number of piperidine rings is 2. The minimum Gasteiger partial charge on any atom is -0.493 e. The van der Waals surface area contributed by atoms with Crippen molar-refractivity contribution in [1.29, 1.82) is 0 Å². The van der Waals surface area contributed by atoms with Crippen LogP contribution in [0.1, 0.15) is 76.1 Å². The first-order valence-corrected chi connectivity index (χ1v) is 14.2. The Labute approximate surface area is 225 Å². The van der Waals surface area contributed by atoms with Gasteiger partial charge in [0.25, 0.3) is 0 Å². The molecule has 2 fully saturated rings. The van der Waals surface area contributed by atoms with Crippen LogP contribution >= 0.6 is 0 Å². The quantitative estimate of drug-likeness (QED) is 0.446. The molecular formula is C30H39N5O3. The number of rotatable bonds is 7. The zero-order chi connectivity index (χ0) is 26.5. The maximum Gasteiger partial charge on any atom is 0.324 e. The summed E-state index contributed by atoms with van der Waals surface area (Å²) in [6, 6.07) is 9.15. The van der Waals surface area contributed by atoms with E-state index in [9.17, 15) is 4.79 Å². The SMILES string of the molecule is [C-]#[N+]C1CCN(C(=O)C2CC=C(c3ccc(OCC4CCN(c5nc(C(C)C)no5)CC4)cc3)CC2)CC1. The number of hydrogen-bond acceptors (Lipinski definition) is 6. The third-order valence-corrected chi connectivity index (χ3v) is 8.26. The highest BCUT2D eigenvalue weighted by molar-refractivity contribution is 5.81. The molecule has 1 aliphatic carbocycles. The molecule has 1 amide bonds. The van der Waals surface area contributed by atoms with E-state index in [4.69, 9.17) is 15.8 Å². The molecule has 3 heterocycles. The standard InChI is InChI=1S/C30H39N5O3/c1-21(2)28-32-30(38-33-28)35-16-12-22(13-17-35)20-37-27-10-8-24(9-11-27)23-4-6-25(7-5-23)29(36)34-18-14-26(31-3)15-19-34/h4,8-11,21-22,25-26H,5-7,12-20H2,1-2H3. The minimum absolute atomic E-state index is 0.0781. The molecule has 0 bridgehead atoms. The second-order valence-electron chi connectivity index (χ2n) is 11.2. The zero-order valence-electron chi connectivity index (χ0n) is 22.6. The first-order valence-electron chi connectivity index (χ1n) is 14.2. The lowest BCUT2D eigenvalue weighted by atomic mass is 9.85. The highest BCUT2D eigenvalue weighted by Gasteiger charge is 2.31. The zero-order valence-corrected chi connectivity index (χ0v) is 22.6. The number of hydrogen-bond donors (Lipinski definition) is 0. The molecule has 1 unspecified atom stereocenters. The van der Waals surface area contributed by atoms with Crippen LogP contribution in [0.15, 0.2) is 34.9 Å². The fraction of sp³-hybridized carbons (Fsp3) is 0.600. The molecule has 8 nitrogen and oxygen atoms in total. The van der Waals surface area contributed by atoms with E-state index in [0.717, 1.165) is 82.7 Å². The lowest BCUT2D eigenvalue weighted by Crippen LogP contribution is -2.42. The van der Waals surface area contributed by atoms with Crippen LogP contribution in [0.25, 0.3) is 10.4 Å². The smallest absolute Gasteiger partial charge is 0.324 e. The summed E-state index contributed by atoms with van der Waals surface area (Å²) in [5.74, 6) is 2.80. The summed E-state index contributed by atoms with van der Waals surface area (Å²) in [6.07, 6.45) is 8.58. The summed E-state index contributed by atoms with van der Waals surface area (Å²) >= 11 is 0. The van der Waals surface area contributed by atoms with E-state index in [-0.39, 0.29) is 23.8 Å². The van der Waals surface area contributed by atoms with Crippen molar-refractivity contribution in [2.75, 3.05) is 37.7 Å². The second kappa shape index (κ2) is 12.0. The Kier molecular flexibility index (Phi) is 8.31. The average molecular weight is 518 g/mol. The van der Waals surface area contributed by atoms with Gasteiger partial charge in [0.05, 0.1) is 6.61 Å². The van der Waals surface area contributed by atoms with Crippen molar-refractivity contribution < 1.29 is 14.1 Å². The normalized spacial score (nSPS) is 21.3. The number of likely N-dealkylation sites (tertiary alicyclic amines) is 1. The Balaban J connectivity index is 1.05. The Bertz CT molecular complexity index is 1150. The van der Waals surface area contributed by atoms with Gasteiger partial charge in [0, 0.05) is 50.9 Å². The first-order chi connectivity index (χ1) is 18.5. The molecule has 5 rings (SSSR count). The van der Waals surface area contributed by atoms with E-state index in [1.54, 1.807) is 0 Å². The van der Waals surface area contributed by atoms with Crippen LogP contribution in [0, 0.1) is 18.4 Å².